The van der Waals surface area contributed by atoms with Gasteiger partial charge in [-0.1, -0.05) is 0 Å². The van der Waals surface area contributed by atoms with Crippen molar-refractivity contribution in [2.45, 2.75) is 81.0 Å². The van der Waals surface area contributed by atoms with Gasteiger partial charge in [0.25, 0.3) is 0 Å². The van der Waals surface area contributed by atoms with Crippen LogP contribution in [0.5, 0.6) is 0 Å². The SMILES string of the molecule is C[C@H](NC(=O)C1CCNC(NCC2NNC(C3CCNCN3)N2C)C1)C1NCCCC1Cl. The molecule has 32 heavy (non-hydrogen) atoms. The molecular weight excluding hydrogens is 430 g/mol. The topological polar surface area (TPSA) is 117 Å². The Morgan fingerprint density at radius 2 is 2.00 bits per heavy atom. The highest BCUT2D eigenvalue weighted by Gasteiger charge is 2.37. The number of halogens is 1. The lowest BCUT2D eigenvalue weighted by atomic mass is 9.93. The third-order valence-electron chi connectivity index (χ3n) is 7.50. The normalized spacial score (nSPS) is 40.2. The number of hydrazine groups is 1. The van der Waals surface area contributed by atoms with E-state index in [1.165, 1.54) is 0 Å². The van der Waals surface area contributed by atoms with Gasteiger partial charge in [0.2, 0.25) is 5.91 Å². The van der Waals surface area contributed by atoms with Gasteiger partial charge in [-0.25, -0.2) is 10.9 Å². The third kappa shape index (κ3) is 6.11. The molecule has 7 unspecified atom stereocenters. The Morgan fingerprint density at radius 1 is 1.12 bits per heavy atom. The molecule has 0 saturated carbocycles. The molecule has 0 radical (unpaired) electrons. The van der Waals surface area contributed by atoms with Crippen LogP contribution in [0.25, 0.3) is 0 Å². The van der Waals surface area contributed by atoms with Crippen molar-refractivity contribution in [1.82, 2.24) is 47.7 Å². The van der Waals surface area contributed by atoms with Crippen molar-refractivity contribution in [2.75, 3.05) is 39.9 Å². The standard InChI is InChI=1S/C21H42ClN9O/c1-13(19-15(22)4-3-7-25-19)28-21(32)14-5-9-24-17(10-14)26-11-18-29-30-20(31(18)2)16-6-8-23-12-27-16/h13-20,23-27,29-30H,3-12H2,1-2H3,(H,28,32)/t13-,14?,15?,16?,17?,18?,19?,20?/m0/s1. The number of likely N-dealkylation sites (N-methyl/N-ethyl adjacent to an activating group) is 1. The molecule has 4 fully saturated rings. The Hall–Kier alpha value is -0.560. The first kappa shape index (κ1) is 24.6. The summed E-state index contributed by atoms with van der Waals surface area (Å²) >= 11 is 6.49. The molecule has 0 aromatic heterocycles. The maximum atomic E-state index is 13.0. The summed E-state index contributed by atoms with van der Waals surface area (Å²) in [5.74, 6) is 0.171. The van der Waals surface area contributed by atoms with Crippen molar-refractivity contribution < 1.29 is 4.79 Å². The minimum absolute atomic E-state index is 0.0210. The smallest absolute Gasteiger partial charge is 0.223 e. The second kappa shape index (κ2) is 11.7. The number of carbonyl (C=O) groups excluding carboxylic acids is 1. The van der Waals surface area contributed by atoms with E-state index in [-0.39, 0.29) is 47.8 Å². The largest absolute Gasteiger partial charge is 0.352 e. The molecular formula is C21H42ClN9O. The van der Waals surface area contributed by atoms with Gasteiger partial charge in [-0.15, -0.1) is 11.6 Å². The summed E-state index contributed by atoms with van der Waals surface area (Å²) in [6, 6.07) is 0.603. The van der Waals surface area contributed by atoms with E-state index in [1.807, 2.05) is 0 Å². The van der Waals surface area contributed by atoms with E-state index in [0.717, 1.165) is 65.0 Å². The van der Waals surface area contributed by atoms with E-state index in [9.17, 15) is 4.79 Å². The summed E-state index contributed by atoms with van der Waals surface area (Å²) in [6.45, 7) is 6.58. The molecule has 10 nitrogen and oxygen atoms in total. The van der Waals surface area contributed by atoms with Gasteiger partial charge in [-0.2, -0.15) is 0 Å². The van der Waals surface area contributed by atoms with Crippen LogP contribution in [0.1, 0.15) is 39.0 Å². The highest BCUT2D eigenvalue weighted by Crippen LogP contribution is 2.20. The number of nitrogens with zero attached hydrogens (tertiary/aromatic N) is 1. The van der Waals surface area contributed by atoms with Crippen molar-refractivity contribution in [3.63, 3.8) is 0 Å². The van der Waals surface area contributed by atoms with Crippen LogP contribution in [0.15, 0.2) is 0 Å². The van der Waals surface area contributed by atoms with Crippen LogP contribution in [-0.4, -0.2) is 92.7 Å². The monoisotopic (exact) mass is 471 g/mol. The van der Waals surface area contributed by atoms with Crippen molar-refractivity contribution in [2.24, 2.45) is 5.92 Å². The van der Waals surface area contributed by atoms with E-state index < -0.39 is 0 Å². The van der Waals surface area contributed by atoms with Crippen molar-refractivity contribution in [3.05, 3.63) is 0 Å². The van der Waals surface area contributed by atoms with Gasteiger partial charge >= 0.3 is 0 Å². The Morgan fingerprint density at radius 3 is 2.78 bits per heavy atom. The number of nitrogens with one attached hydrogen (secondary N) is 8. The van der Waals surface area contributed by atoms with Gasteiger partial charge in [-0.05, 0) is 65.7 Å². The zero-order chi connectivity index (χ0) is 22.5. The quantitative estimate of drug-likeness (QED) is 0.207. The molecule has 4 aliphatic heterocycles. The Bertz CT molecular complexity index is 608. The van der Waals surface area contributed by atoms with E-state index in [1.54, 1.807) is 0 Å². The fraction of sp³-hybridized carbons (Fsp3) is 0.952. The highest BCUT2D eigenvalue weighted by atomic mass is 35.5. The van der Waals surface area contributed by atoms with Gasteiger partial charge in [0.05, 0.1) is 23.9 Å². The summed E-state index contributed by atoms with van der Waals surface area (Å²) in [4.78, 5) is 15.3. The summed E-state index contributed by atoms with van der Waals surface area (Å²) in [7, 11) is 2.16. The summed E-state index contributed by atoms with van der Waals surface area (Å²) < 4.78 is 0. The minimum Gasteiger partial charge on any atom is -0.352 e. The fourth-order valence-corrected chi connectivity index (χ4v) is 5.90. The van der Waals surface area contributed by atoms with Crippen LogP contribution in [0.4, 0.5) is 0 Å². The maximum absolute atomic E-state index is 13.0. The number of hydrogen-bond donors (Lipinski definition) is 8. The van der Waals surface area contributed by atoms with E-state index in [4.69, 9.17) is 11.6 Å². The zero-order valence-electron chi connectivity index (χ0n) is 19.4. The van der Waals surface area contributed by atoms with Crippen molar-refractivity contribution >= 4 is 17.5 Å². The molecule has 0 spiro atoms. The predicted molar refractivity (Wildman–Crippen MR) is 127 cm³/mol. The predicted octanol–water partition coefficient (Wildman–Crippen LogP) is -1.63. The fourth-order valence-electron chi connectivity index (χ4n) is 5.44. The van der Waals surface area contributed by atoms with E-state index in [0.29, 0.717) is 6.04 Å². The Labute approximate surface area is 197 Å². The van der Waals surface area contributed by atoms with Gasteiger partial charge in [0.1, 0.15) is 0 Å². The van der Waals surface area contributed by atoms with Crippen molar-refractivity contribution in [1.29, 1.82) is 0 Å². The number of hydrogen-bond acceptors (Lipinski definition) is 9. The molecule has 4 heterocycles. The van der Waals surface area contributed by atoms with Crippen LogP contribution >= 0.6 is 11.6 Å². The van der Waals surface area contributed by atoms with Crippen LogP contribution < -0.4 is 42.8 Å². The van der Waals surface area contributed by atoms with Crippen LogP contribution in [0.3, 0.4) is 0 Å². The first-order valence-corrected chi connectivity index (χ1v) is 12.8. The number of rotatable bonds is 7. The average molecular weight is 472 g/mol. The average Bonchev–Trinajstić information content (AvgIpc) is 3.19. The van der Waals surface area contributed by atoms with Crippen molar-refractivity contribution in [3.8, 4) is 0 Å². The summed E-state index contributed by atoms with van der Waals surface area (Å²) in [5.41, 5.74) is 6.86. The molecule has 11 heteroatoms. The molecule has 4 saturated heterocycles. The van der Waals surface area contributed by atoms with Crippen LogP contribution in [-0.2, 0) is 4.79 Å². The highest BCUT2D eigenvalue weighted by molar-refractivity contribution is 6.21. The lowest BCUT2D eigenvalue weighted by Gasteiger charge is -2.36. The number of amides is 1. The molecule has 8 atom stereocenters. The number of carbonyl (C=O) groups is 1. The first-order chi connectivity index (χ1) is 15.5. The lowest BCUT2D eigenvalue weighted by molar-refractivity contribution is -0.127. The van der Waals surface area contributed by atoms with Gasteiger partial charge in [0, 0.05) is 37.3 Å². The van der Waals surface area contributed by atoms with E-state index in [2.05, 4.69) is 61.6 Å². The summed E-state index contributed by atoms with van der Waals surface area (Å²) in [5, 5.41) is 20.8. The second-order valence-electron chi connectivity index (χ2n) is 9.76. The number of alkyl halides is 1. The number of piperidine rings is 2. The molecule has 4 rings (SSSR count). The van der Waals surface area contributed by atoms with E-state index >= 15 is 0 Å². The van der Waals surface area contributed by atoms with Crippen LogP contribution in [0, 0.1) is 5.92 Å². The third-order valence-corrected chi connectivity index (χ3v) is 7.99. The first-order valence-electron chi connectivity index (χ1n) is 12.3. The van der Waals surface area contributed by atoms with Gasteiger partial charge < -0.3 is 21.3 Å². The maximum Gasteiger partial charge on any atom is 0.223 e. The molecule has 4 aliphatic rings. The second-order valence-corrected chi connectivity index (χ2v) is 10.3. The van der Waals surface area contributed by atoms with Gasteiger partial charge in [0.15, 0.2) is 0 Å². The Balaban J connectivity index is 1.20. The molecule has 0 aromatic rings. The van der Waals surface area contributed by atoms with Crippen LogP contribution in [0.2, 0.25) is 0 Å². The Kier molecular flexibility index (Phi) is 9.00. The summed E-state index contributed by atoms with van der Waals surface area (Å²) in [6.07, 6.45) is 5.47. The molecule has 184 valence electrons. The molecule has 0 aromatic carbocycles. The molecule has 8 N–H and O–H groups in total. The molecule has 0 bridgehead atoms. The van der Waals surface area contributed by atoms with Gasteiger partial charge in [-0.3, -0.25) is 20.3 Å². The minimum atomic E-state index is 0.0210. The lowest BCUT2D eigenvalue weighted by Crippen LogP contribution is -2.59. The zero-order valence-corrected chi connectivity index (χ0v) is 20.2. The molecule has 0 aliphatic carbocycles. The molecule has 1 amide bonds.